The van der Waals surface area contributed by atoms with Crippen LogP contribution in [0, 0.1) is 241 Å². The van der Waals surface area contributed by atoms with Crippen LogP contribution in [-0.2, 0) is 42.6 Å². The minimum Gasteiger partial charge on any atom is -0.448 e. The number of aliphatic hydroxyl groups excluding tert-OH is 9. The molecule has 8 rings (SSSR count). The number of rotatable bonds is 13. The molecule has 100 heavy (non-hydrogen) atoms. The molecule has 6 aliphatic heterocycles. The van der Waals surface area contributed by atoms with Gasteiger partial charge in [0.1, 0.15) is 29.2 Å². The molecule has 6 fully saturated rings. The molecule has 28 heteroatoms. The Morgan fingerprint density at radius 2 is 0.710 bits per heavy atom. The number of hydrogen-bond acceptors (Lipinski definition) is 21. The second kappa shape index (κ2) is 54.3. The van der Waals surface area contributed by atoms with Crippen LogP contribution in [-0.4, -0.2) is 190 Å². The zero-order valence-corrected chi connectivity index (χ0v) is 84.5. The SMILES string of the molecule is C/C=C/C=C/CO[C@@H]1OC(C)[C@H](C)C(O)C1C.C/C=C/C=C/CO[C@@H]1OC(C)[C@H](O)C(O)C1O.CC1C(O)[C@@H](C)C(C)O[C@H]1OC(=N)C(Cl)(Cl)Cl.CC1O[C@@H](O)C(C)C(O)[C@H]1C.CC1O[C@@H](Sc2ccccc2)C(C)C(O)[C@H]1C.CC1O[C@@H](Sc2ccccc2)C(C)C(O)[C@H]1C.[Ac].[Ac].[Ac].[Ac]. The fourth-order valence-corrected chi connectivity index (χ4v) is 13.4. The molecule has 19 nitrogen and oxygen atoms in total. The fourth-order valence-electron chi connectivity index (χ4n) is 10.9. The van der Waals surface area contributed by atoms with Gasteiger partial charge >= 0.3 is 0 Å². The van der Waals surface area contributed by atoms with Gasteiger partial charge in [0.2, 0.25) is 12.2 Å². The second-order valence-corrected chi connectivity index (χ2v) is 30.8. The van der Waals surface area contributed by atoms with Crippen molar-refractivity contribution in [1.29, 1.82) is 5.41 Å². The maximum Gasteiger partial charge on any atom is 0.265 e. The van der Waals surface area contributed by atoms with Gasteiger partial charge in [-0.25, -0.2) is 0 Å². The minimum atomic E-state index is -1.92. The fraction of sp³-hybridized carbons (Fsp3) is 0.708. The average Bonchev–Trinajstić information content (AvgIpc) is 0.845. The summed E-state index contributed by atoms with van der Waals surface area (Å²) >= 11 is 19.9. The summed E-state index contributed by atoms with van der Waals surface area (Å²) in [5.74, 6) is 0.0105. The number of ether oxygens (including phenoxy) is 9. The van der Waals surface area contributed by atoms with Crippen molar-refractivity contribution in [3.05, 3.63) is 109 Å². The normalized spacial score (nSPS) is 38.7. The number of nitrogens with one attached hydrogen (secondary N) is 1. The maximum absolute atomic E-state index is 10.2. The zero-order valence-electron chi connectivity index (χ0n) is 61.6. The number of alkyl halides is 3. The first kappa shape index (κ1) is 106. The largest absolute Gasteiger partial charge is 0.448 e. The third kappa shape index (κ3) is 34.9. The predicted molar refractivity (Wildman–Crippen MR) is 381 cm³/mol. The summed E-state index contributed by atoms with van der Waals surface area (Å²) in [6.07, 6.45) is 6.19. The number of allylic oxidation sites excluding steroid dienone is 6. The molecule has 18 unspecified atom stereocenters. The van der Waals surface area contributed by atoms with Crippen molar-refractivity contribution in [2.45, 2.75) is 260 Å². The van der Waals surface area contributed by atoms with E-state index in [-0.39, 0.29) is 308 Å². The van der Waals surface area contributed by atoms with Crippen LogP contribution in [0.2, 0.25) is 0 Å². The number of aliphatic hydroxyl groups is 9. The third-order valence-corrected chi connectivity index (χ3v) is 22.0. The van der Waals surface area contributed by atoms with Crippen molar-refractivity contribution in [2.24, 2.45) is 59.2 Å². The van der Waals surface area contributed by atoms with Gasteiger partial charge in [0.15, 0.2) is 18.9 Å². The smallest absolute Gasteiger partial charge is 0.265 e. The van der Waals surface area contributed by atoms with Crippen LogP contribution < -0.4 is 0 Å². The Hall–Kier alpha value is 3.53. The molecule has 6 saturated heterocycles. The monoisotopic (exact) mass is 2360 g/mol. The van der Waals surface area contributed by atoms with Crippen LogP contribution in [0.5, 0.6) is 0 Å². The van der Waals surface area contributed by atoms with Crippen LogP contribution in [0.25, 0.3) is 0 Å². The molecule has 0 spiro atoms. The number of thioether (sulfide) groups is 2. The van der Waals surface area contributed by atoms with E-state index in [1.54, 1.807) is 50.4 Å². The molecule has 6 aliphatic rings. The summed E-state index contributed by atoms with van der Waals surface area (Å²) in [6.45, 7) is 35.6. The Morgan fingerprint density at radius 1 is 0.390 bits per heavy atom. The second-order valence-electron chi connectivity index (χ2n) is 26.2. The van der Waals surface area contributed by atoms with Crippen LogP contribution in [0.4, 0.5) is 0 Å². The first-order valence-electron chi connectivity index (χ1n) is 33.6. The van der Waals surface area contributed by atoms with Crippen LogP contribution in [0.15, 0.2) is 119 Å². The molecule has 6 heterocycles. The summed E-state index contributed by atoms with van der Waals surface area (Å²) in [7, 11) is 0. The average molecular weight is 2360 g/mol. The van der Waals surface area contributed by atoms with Gasteiger partial charge in [-0.05, 0) is 79.7 Å². The van der Waals surface area contributed by atoms with Gasteiger partial charge in [-0.2, -0.15) is 0 Å². The predicted octanol–water partition coefficient (Wildman–Crippen LogP) is 11.9. The Labute approximate surface area is 764 Å². The first-order chi connectivity index (χ1) is 45.0. The molecule has 4 radical (unpaired) electrons. The number of benzene rings is 2. The molecular formula is C72H116Ac4Cl3NO18S2. The van der Waals surface area contributed by atoms with Crippen molar-refractivity contribution in [2.75, 3.05) is 13.2 Å². The van der Waals surface area contributed by atoms with E-state index in [0.29, 0.717) is 6.61 Å². The third-order valence-electron chi connectivity index (χ3n) is 18.9. The van der Waals surface area contributed by atoms with Crippen molar-refractivity contribution in [3.63, 3.8) is 0 Å². The summed E-state index contributed by atoms with van der Waals surface area (Å²) < 4.78 is 47.8. The van der Waals surface area contributed by atoms with Crippen LogP contribution in [0.3, 0.4) is 0 Å². The summed E-state index contributed by atoms with van der Waals surface area (Å²) in [5, 5.41) is 95.3. The molecule has 0 aromatic heterocycles. The van der Waals surface area contributed by atoms with Crippen molar-refractivity contribution >= 4 is 64.2 Å². The Bertz CT molecular complexity index is 2470. The van der Waals surface area contributed by atoms with E-state index < -0.39 is 65.2 Å². The Kier molecular flexibility index (Phi) is 57.3. The maximum atomic E-state index is 10.2. The summed E-state index contributed by atoms with van der Waals surface area (Å²) in [6, 6.07) is 20.4. The first-order valence-corrected chi connectivity index (χ1v) is 36.5. The van der Waals surface area contributed by atoms with E-state index in [2.05, 4.69) is 52.0 Å². The Morgan fingerprint density at radius 3 is 1.09 bits per heavy atom. The number of hydrogen-bond donors (Lipinski definition) is 10. The van der Waals surface area contributed by atoms with E-state index in [1.165, 1.54) is 9.79 Å². The van der Waals surface area contributed by atoms with Gasteiger partial charge in [-0.1, -0.05) is 213 Å². The van der Waals surface area contributed by atoms with Gasteiger partial charge in [-0.15, -0.1) is 0 Å². The van der Waals surface area contributed by atoms with Crippen LogP contribution in [0.1, 0.15) is 125 Å². The zero-order chi connectivity index (χ0) is 72.5. The molecule has 562 valence electrons. The molecule has 0 bridgehead atoms. The van der Waals surface area contributed by atoms with Crippen molar-refractivity contribution in [3.8, 4) is 0 Å². The summed E-state index contributed by atoms with van der Waals surface area (Å²) in [4.78, 5) is 2.39. The van der Waals surface area contributed by atoms with Gasteiger partial charge in [-0.3, -0.25) is 5.41 Å². The van der Waals surface area contributed by atoms with Gasteiger partial charge in [0.25, 0.3) is 3.79 Å². The van der Waals surface area contributed by atoms with Gasteiger partial charge in [0.05, 0.1) is 80.4 Å². The molecular weight excluding hydrogens is 2250 g/mol. The molecule has 10 N–H and O–H groups in total. The van der Waals surface area contributed by atoms with Gasteiger partial charge < -0.3 is 88.6 Å². The van der Waals surface area contributed by atoms with E-state index >= 15 is 0 Å². The quantitative estimate of drug-likeness (QED) is 0.0386. The Balaban J connectivity index is 0. The molecule has 0 saturated carbocycles. The number of halogens is 3. The molecule has 30 atom stereocenters. The van der Waals surface area contributed by atoms with E-state index in [1.807, 2.05) is 155 Å². The topological polar surface area (TPSA) is 289 Å². The van der Waals surface area contributed by atoms with Crippen molar-refractivity contribution in [1.82, 2.24) is 0 Å². The standard InChI is InChI=1S/C14H24O3.2C14H20O2S.C12H20O5.C10H16Cl3NO3.C8H16O3.4Ac/c1-5-6-7-8-9-16-14-11(3)13(15)10(2)12(4)17-14;2*1-9-11(3)16-14(10(2)13(9)15)17-12-7-5-4-6-8-12;1-3-4-5-6-7-16-12-11(15)10(14)9(13)8(2)17-12;1-4-6(3)16-8(5(2)7(4)15)17-9(14)10(11,12)13;1-4-6(3)11-8(10)5(2)7(4)9;;;;/h5-8,10-15H,9H2,1-4H3;2*4-11,13-15H,1-3H3;3-6,8-15H,7H2,1-2H3;4-8,14-15H,1-3H3;4-10H,1-3H3;;;;/b6-5+,8-7+;;;4-3+,6-5+;;;;;;/t10-,11?,12?,13?,14+;2*9-,10?,11?,13?,14-;8?,9-,10?,11?,12+;4-,5?,6?,7?,8-;4-,5?,6?,7?,8+;;;;/m000000..../s1. The van der Waals surface area contributed by atoms with E-state index in [0.717, 1.165) is 0 Å². The molecule has 0 aliphatic carbocycles. The minimum absolute atomic E-state index is 0. The molecule has 2 aromatic rings. The molecule has 0 amide bonds. The van der Waals surface area contributed by atoms with Crippen molar-refractivity contribution < 1.29 is 265 Å². The van der Waals surface area contributed by atoms with Crippen LogP contribution >= 0.6 is 58.3 Å². The van der Waals surface area contributed by atoms with E-state index in [9.17, 15) is 46.0 Å². The van der Waals surface area contributed by atoms with E-state index in [4.69, 9.17) is 82.8 Å². The summed E-state index contributed by atoms with van der Waals surface area (Å²) in [5.41, 5.74) is 0.0807. The molecule has 2 aromatic carbocycles. The van der Waals surface area contributed by atoms with Gasteiger partial charge in [0, 0.05) is 245 Å².